The highest BCUT2D eigenvalue weighted by molar-refractivity contribution is 5.49. The number of unbranched alkanes of at least 4 members (excludes halogenated alkanes) is 2. The second-order valence-electron chi connectivity index (χ2n) is 5.09. The number of nitrogens with zero attached hydrogens (tertiary/aromatic N) is 1. The first-order chi connectivity index (χ1) is 9.19. The zero-order valence-electron chi connectivity index (χ0n) is 12.5. The first-order valence-electron chi connectivity index (χ1n) is 7.39. The molecule has 1 aromatic carbocycles. The Kier molecular flexibility index (Phi) is 7.49. The van der Waals surface area contributed by atoms with Gasteiger partial charge in [0.15, 0.2) is 0 Å². The van der Waals surface area contributed by atoms with Gasteiger partial charge in [-0.15, -0.1) is 0 Å². The predicted molar refractivity (Wildman–Crippen MR) is 81.2 cm³/mol. The molecule has 0 unspecified atom stereocenters. The van der Waals surface area contributed by atoms with Gasteiger partial charge in [-0.1, -0.05) is 32.8 Å². The van der Waals surface area contributed by atoms with Gasteiger partial charge in [0, 0.05) is 20.1 Å². The van der Waals surface area contributed by atoms with E-state index in [1.165, 1.54) is 12.8 Å². The van der Waals surface area contributed by atoms with Gasteiger partial charge in [-0.25, -0.2) is 4.39 Å². The molecule has 19 heavy (non-hydrogen) atoms. The van der Waals surface area contributed by atoms with Gasteiger partial charge in [0.2, 0.25) is 0 Å². The summed E-state index contributed by atoms with van der Waals surface area (Å²) in [6.45, 7) is 7.07. The third-order valence-electron chi connectivity index (χ3n) is 3.31. The van der Waals surface area contributed by atoms with Crippen molar-refractivity contribution in [1.29, 1.82) is 0 Å². The summed E-state index contributed by atoms with van der Waals surface area (Å²) in [5.41, 5.74) is 1.86. The van der Waals surface area contributed by atoms with Crippen LogP contribution in [0.15, 0.2) is 18.2 Å². The maximum Gasteiger partial charge on any atom is 0.146 e. The Morgan fingerprint density at radius 2 is 1.89 bits per heavy atom. The van der Waals surface area contributed by atoms with Crippen LogP contribution in [0.4, 0.5) is 10.1 Å². The average molecular weight is 266 g/mol. The molecule has 0 saturated heterocycles. The Bertz CT molecular complexity index is 366. The van der Waals surface area contributed by atoms with Gasteiger partial charge in [-0.3, -0.25) is 0 Å². The molecule has 2 nitrogen and oxygen atoms in total. The van der Waals surface area contributed by atoms with Crippen molar-refractivity contribution >= 4 is 5.69 Å². The maximum absolute atomic E-state index is 13.8. The van der Waals surface area contributed by atoms with Crippen LogP contribution in [0.1, 0.15) is 45.1 Å². The summed E-state index contributed by atoms with van der Waals surface area (Å²) in [5, 5.41) is 3.39. The van der Waals surface area contributed by atoms with E-state index in [-0.39, 0.29) is 5.82 Å². The maximum atomic E-state index is 13.8. The van der Waals surface area contributed by atoms with E-state index in [2.05, 4.69) is 19.2 Å². The van der Waals surface area contributed by atoms with Crippen LogP contribution in [-0.2, 0) is 6.54 Å². The van der Waals surface area contributed by atoms with Crippen molar-refractivity contribution in [2.24, 2.45) is 0 Å². The number of benzene rings is 1. The summed E-state index contributed by atoms with van der Waals surface area (Å²) in [6.07, 6.45) is 4.60. The molecule has 0 bridgehead atoms. The topological polar surface area (TPSA) is 15.3 Å². The number of rotatable bonds is 9. The summed E-state index contributed by atoms with van der Waals surface area (Å²) in [7, 11) is 1.96. The minimum absolute atomic E-state index is 0.129. The van der Waals surface area contributed by atoms with Crippen molar-refractivity contribution in [1.82, 2.24) is 5.32 Å². The molecule has 1 N–H and O–H groups in total. The Labute approximate surface area is 117 Å². The van der Waals surface area contributed by atoms with E-state index in [1.54, 1.807) is 6.07 Å². The number of nitrogens with one attached hydrogen (secondary N) is 1. The molecule has 0 aliphatic carbocycles. The van der Waals surface area contributed by atoms with E-state index < -0.39 is 0 Å². The highest BCUT2D eigenvalue weighted by Crippen LogP contribution is 2.20. The Morgan fingerprint density at radius 3 is 2.58 bits per heavy atom. The average Bonchev–Trinajstić information content (AvgIpc) is 2.42. The fourth-order valence-electron chi connectivity index (χ4n) is 2.01. The van der Waals surface area contributed by atoms with Crippen LogP contribution in [0.5, 0.6) is 0 Å². The van der Waals surface area contributed by atoms with Crippen molar-refractivity contribution in [3.8, 4) is 0 Å². The van der Waals surface area contributed by atoms with Crippen molar-refractivity contribution in [3.05, 3.63) is 29.6 Å². The summed E-state index contributed by atoms with van der Waals surface area (Å²) in [5.74, 6) is -0.129. The largest absolute Gasteiger partial charge is 0.372 e. The zero-order chi connectivity index (χ0) is 14.1. The molecule has 0 heterocycles. The second kappa shape index (κ2) is 8.92. The van der Waals surface area contributed by atoms with E-state index in [0.717, 1.165) is 38.0 Å². The second-order valence-corrected chi connectivity index (χ2v) is 5.09. The van der Waals surface area contributed by atoms with Crippen LogP contribution < -0.4 is 10.2 Å². The highest BCUT2D eigenvalue weighted by Gasteiger charge is 2.08. The zero-order valence-corrected chi connectivity index (χ0v) is 12.5. The van der Waals surface area contributed by atoms with Crippen molar-refractivity contribution in [2.75, 3.05) is 25.0 Å². The lowest BCUT2D eigenvalue weighted by molar-refractivity contribution is 0.614. The van der Waals surface area contributed by atoms with E-state index in [9.17, 15) is 4.39 Å². The van der Waals surface area contributed by atoms with Crippen molar-refractivity contribution in [3.63, 3.8) is 0 Å². The molecule has 0 saturated carbocycles. The smallest absolute Gasteiger partial charge is 0.146 e. The monoisotopic (exact) mass is 266 g/mol. The first kappa shape index (κ1) is 16.0. The Morgan fingerprint density at radius 1 is 1.16 bits per heavy atom. The molecular weight excluding hydrogens is 239 g/mol. The SMILES string of the molecule is CCCCNCc1ccc(F)c(N(C)CCCC)c1. The van der Waals surface area contributed by atoms with E-state index in [0.29, 0.717) is 5.69 Å². The Balaban J connectivity index is 2.60. The molecular formula is C16H27FN2. The quantitative estimate of drug-likeness (QED) is 0.681. The van der Waals surface area contributed by atoms with E-state index in [4.69, 9.17) is 0 Å². The summed E-state index contributed by atoms with van der Waals surface area (Å²) >= 11 is 0. The molecule has 0 amide bonds. The van der Waals surface area contributed by atoms with Gasteiger partial charge in [-0.05, 0) is 37.1 Å². The normalized spacial score (nSPS) is 10.7. The summed E-state index contributed by atoms with van der Waals surface area (Å²) < 4.78 is 13.8. The number of hydrogen-bond acceptors (Lipinski definition) is 2. The molecule has 0 aliphatic rings. The van der Waals surface area contributed by atoms with Crippen LogP contribution in [0, 0.1) is 5.82 Å². The van der Waals surface area contributed by atoms with Crippen LogP contribution in [0.25, 0.3) is 0 Å². The number of hydrogen-bond donors (Lipinski definition) is 1. The fraction of sp³-hybridized carbons (Fsp3) is 0.625. The van der Waals surface area contributed by atoms with Crippen LogP contribution in [-0.4, -0.2) is 20.1 Å². The molecule has 108 valence electrons. The Hall–Kier alpha value is -1.09. The van der Waals surface area contributed by atoms with Crippen molar-refractivity contribution < 1.29 is 4.39 Å². The molecule has 0 aliphatic heterocycles. The highest BCUT2D eigenvalue weighted by atomic mass is 19.1. The summed E-state index contributed by atoms with van der Waals surface area (Å²) in [6, 6.07) is 5.41. The molecule has 0 fully saturated rings. The van der Waals surface area contributed by atoms with Gasteiger partial charge in [0.1, 0.15) is 5.82 Å². The molecule has 0 aromatic heterocycles. The molecule has 0 atom stereocenters. The minimum atomic E-state index is -0.129. The third kappa shape index (κ3) is 5.60. The molecule has 0 radical (unpaired) electrons. The first-order valence-corrected chi connectivity index (χ1v) is 7.39. The fourth-order valence-corrected chi connectivity index (χ4v) is 2.01. The molecule has 1 aromatic rings. The van der Waals surface area contributed by atoms with Gasteiger partial charge >= 0.3 is 0 Å². The van der Waals surface area contributed by atoms with Gasteiger partial charge in [0.25, 0.3) is 0 Å². The van der Waals surface area contributed by atoms with Crippen LogP contribution in [0.3, 0.4) is 0 Å². The van der Waals surface area contributed by atoms with Gasteiger partial charge < -0.3 is 10.2 Å². The summed E-state index contributed by atoms with van der Waals surface area (Å²) in [4.78, 5) is 2.01. The van der Waals surface area contributed by atoms with Gasteiger partial charge in [-0.2, -0.15) is 0 Å². The lowest BCUT2D eigenvalue weighted by atomic mass is 10.1. The van der Waals surface area contributed by atoms with E-state index in [1.807, 2.05) is 24.1 Å². The lowest BCUT2D eigenvalue weighted by Gasteiger charge is -2.20. The molecule has 0 spiro atoms. The number of halogens is 1. The van der Waals surface area contributed by atoms with Crippen molar-refractivity contribution in [2.45, 2.75) is 46.1 Å². The molecule has 1 rings (SSSR count). The minimum Gasteiger partial charge on any atom is -0.372 e. The van der Waals surface area contributed by atoms with Gasteiger partial charge in [0.05, 0.1) is 5.69 Å². The lowest BCUT2D eigenvalue weighted by Crippen LogP contribution is -2.20. The molecule has 3 heteroatoms. The van der Waals surface area contributed by atoms with Crippen LogP contribution >= 0.6 is 0 Å². The third-order valence-corrected chi connectivity index (χ3v) is 3.31. The predicted octanol–water partition coefficient (Wildman–Crippen LogP) is 3.95. The van der Waals surface area contributed by atoms with E-state index >= 15 is 0 Å². The van der Waals surface area contributed by atoms with Crippen LogP contribution in [0.2, 0.25) is 0 Å². The number of anilines is 1. The standard InChI is InChI=1S/C16H27FN2/c1-4-6-10-18-13-14-8-9-15(17)16(12-14)19(3)11-7-5-2/h8-9,12,18H,4-7,10-11,13H2,1-3H3.